The molecule has 0 saturated carbocycles. The summed E-state index contributed by atoms with van der Waals surface area (Å²) in [7, 11) is 1.60. The summed E-state index contributed by atoms with van der Waals surface area (Å²) in [4.78, 5) is 24.9. The molecule has 0 saturated heterocycles. The number of aromatic nitrogens is 2. The lowest BCUT2D eigenvalue weighted by atomic mass is 10.0. The number of ether oxygens (including phenoxy) is 2. The predicted octanol–water partition coefficient (Wildman–Crippen LogP) is 7.05. The smallest absolute Gasteiger partial charge is 0.309 e. The molecule has 0 bridgehead atoms. The fraction of sp³-hybridized carbons (Fsp3) is 0.0645. The third kappa shape index (κ3) is 5.68. The molecule has 1 amide bonds. The first-order valence-electron chi connectivity index (χ1n) is 12.1. The molecule has 0 atom stereocenters. The molecule has 0 aliphatic heterocycles. The Morgan fingerprint density at radius 3 is 2.28 bits per heavy atom. The Balaban J connectivity index is 1.61. The quantitative estimate of drug-likeness (QED) is 0.225. The molecule has 7 nitrogen and oxygen atoms in total. The second-order valence-electron chi connectivity index (χ2n) is 8.64. The van der Waals surface area contributed by atoms with Crippen molar-refractivity contribution in [1.82, 2.24) is 9.78 Å². The van der Waals surface area contributed by atoms with Crippen molar-refractivity contribution < 1.29 is 19.1 Å². The number of nitrogens with one attached hydrogen (secondary N) is 1. The van der Waals surface area contributed by atoms with Gasteiger partial charge >= 0.3 is 5.97 Å². The van der Waals surface area contributed by atoms with Gasteiger partial charge in [0.2, 0.25) is 5.88 Å². The largest absolute Gasteiger partial charge is 0.497 e. The number of esters is 1. The van der Waals surface area contributed by atoms with E-state index < -0.39 is 5.97 Å². The minimum atomic E-state index is -0.476. The number of methoxy groups -OCH3 is 1. The molecule has 0 fully saturated rings. The number of anilines is 1. The normalized spacial score (nSPS) is 10.6. The van der Waals surface area contributed by atoms with Crippen LogP contribution >= 0.6 is 11.6 Å². The molecule has 0 aliphatic rings. The van der Waals surface area contributed by atoms with Gasteiger partial charge in [-0.05, 0) is 60.2 Å². The van der Waals surface area contributed by atoms with Crippen LogP contribution in [0.3, 0.4) is 0 Å². The van der Waals surface area contributed by atoms with E-state index in [9.17, 15) is 9.59 Å². The second-order valence-corrected chi connectivity index (χ2v) is 9.08. The van der Waals surface area contributed by atoms with E-state index in [2.05, 4.69) is 5.32 Å². The number of rotatable bonds is 7. The summed E-state index contributed by atoms with van der Waals surface area (Å²) in [6, 6.07) is 30.9. The summed E-state index contributed by atoms with van der Waals surface area (Å²) >= 11 is 6.03. The average Bonchev–Trinajstić information content (AvgIpc) is 3.32. The minimum Gasteiger partial charge on any atom is -0.497 e. The van der Waals surface area contributed by atoms with Gasteiger partial charge in [0.15, 0.2) is 0 Å². The molecule has 0 spiro atoms. The Hall–Kier alpha value is -4.88. The van der Waals surface area contributed by atoms with Gasteiger partial charge in [-0.15, -0.1) is 0 Å². The zero-order chi connectivity index (χ0) is 27.4. The van der Waals surface area contributed by atoms with E-state index in [0.717, 1.165) is 16.8 Å². The first kappa shape index (κ1) is 25.8. The highest BCUT2D eigenvalue weighted by molar-refractivity contribution is 6.31. The predicted molar refractivity (Wildman–Crippen MR) is 152 cm³/mol. The first-order valence-corrected chi connectivity index (χ1v) is 12.5. The standard InChI is InChI=1S/C31H24ClN3O4/c1-20(36)39-31-28(21-14-16-25(17-15-21)33-30(37)23-9-6-10-24(32)18-23)29(22-8-7-13-27(19-22)38-2)34-35(31)26-11-4-3-5-12-26/h3-19H,1-2H3,(H,33,37). The van der Waals surface area contributed by atoms with Gasteiger partial charge in [-0.25, -0.2) is 0 Å². The van der Waals surface area contributed by atoms with E-state index in [-0.39, 0.29) is 11.8 Å². The summed E-state index contributed by atoms with van der Waals surface area (Å²) in [5.74, 6) is 0.193. The molecule has 4 aromatic carbocycles. The lowest BCUT2D eigenvalue weighted by molar-refractivity contribution is -0.132. The van der Waals surface area contributed by atoms with Crippen LogP contribution in [0.5, 0.6) is 11.6 Å². The average molecular weight is 538 g/mol. The Labute approximate surface area is 230 Å². The van der Waals surface area contributed by atoms with Crippen LogP contribution in [0.15, 0.2) is 103 Å². The molecule has 8 heteroatoms. The highest BCUT2D eigenvalue weighted by atomic mass is 35.5. The lowest BCUT2D eigenvalue weighted by Gasteiger charge is -2.11. The third-order valence-corrected chi connectivity index (χ3v) is 6.18. The van der Waals surface area contributed by atoms with E-state index in [1.807, 2.05) is 66.7 Å². The van der Waals surface area contributed by atoms with Gasteiger partial charge in [-0.2, -0.15) is 9.78 Å². The van der Waals surface area contributed by atoms with Gasteiger partial charge in [0.05, 0.1) is 18.4 Å². The summed E-state index contributed by atoms with van der Waals surface area (Å²) < 4.78 is 12.8. The number of amides is 1. The van der Waals surface area contributed by atoms with Crippen molar-refractivity contribution >= 4 is 29.2 Å². The monoisotopic (exact) mass is 537 g/mol. The van der Waals surface area contributed by atoms with Gasteiger partial charge in [0.25, 0.3) is 5.91 Å². The van der Waals surface area contributed by atoms with Crippen LogP contribution in [0.25, 0.3) is 28.1 Å². The maximum absolute atomic E-state index is 12.7. The number of benzene rings is 4. The molecule has 0 radical (unpaired) electrons. The number of halogens is 1. The topological polar surface area (TPSA) is 82.4 Å². The van der Waals surface area contributed by atoms with E-state index in [1.165, 1.54) is 6.92 Å². The van der Waals surface area contributed by atoms with Gasteiger partial charge < -0.3 is 14.8 Å². The summed E-state index contributed by atoms with van der Waals surface area (Å²) in [5, 5.41) is 8.24. The molecule has 1 N–H and O–H groups in total. The molecule has 5 aromatic rings. The van der Waals surface area contributed by atoms with Gasteiger partial charge in [0, 0.05) is 28.8 Å². The van der Waals surface area contributed by atoms with E-state index in [1.54, 1.807) is 48.2 Å². The zero-order valence-corrected chi connectivity index (χ0v) is 22.0. The van der Waals surface area contributed by atoms with Gasteiger partial charge in [0.1, 0.15) is 11.4 Å². The zero-order valence-electron chi connectivity index (χ0n) is 21.2. The Morgan fingerprint density at radius 1 is 0.846 bits per heavy atom. The van der Waals surface area contributed by atoms with Crippen LogP contribution in [0.1, 0.15) is 17.3 Å². The molecule has 1 heterocycles. The van der Waals surface area contributed by atoms with Crippen LogP contribution in [0, 0.1) is 0 Å². The van der Waals surface area contributed by atoms with Crippen molar-refractivity contribution in [1.29, 1.82) is 0 Å². The van der Waals surface area contributed by atoms with E-state index in [0.29, 0.717) is 33.3 Å². The molecular formula is C31H24ClN3O4. The van der Waals surface area contributed by atoms with Crippen LogP contribution in [0.4, 0.5) is 5.69 Å². The Bertz CT molecular complexity index is 1650. The molecule has 0 aliphatic carbocycles. The lowest BCUT2D eigenvalue weighted by Crippen LogP contribution is -2.11. The van der Waals surface area contributed by atoms with E-state index >= 15 is 0 Å². The fourth-order valence-electron chi connectivity index (χ4n) is 4.16. The number of nitrogens with zero attached hydrogens (tertiary/aromatic N) is 2. The SMILES string of the molecule is COc1cccc(-c2nn(-c3ccccc3)c(OC(C)=O)c2-c2ccc(NC(=O)c3cccc(Cl)c3)cc2)c1. The summed E-state index contributed by atoms with van der Waals surface area (Å²) in [5.41, 5.74) is 4.52. The number of hydrogen-bond donors (Lipinski definition) is 1. The van der Waals surface area contributed by atoms with Crippen LogP contribution < -0.4 is 14.8 Å². The fourth-order valence-corrected chi connectivity index (χ4v) is 4.35. The van der Waals surface area contributed by atoms with Crippen molar-refractivity contribution in [3.8, 4) is 39.7 Å². The molecule has 1 aromatic heterocycles. The third-order valence-electron chi connectivity index (χ3n) is 5.95. The molecule has 5 rings (SSSR count). The summed E-state index contributed by atoms with van der Waals surface area (Å²) in [6.45, 7) is 1.35. The molecular weight excluding hydrogens is 514 g/mol. The van der Waals surface area contributed by atoms with Crippen molar-refractivity contribution in [3.63, 3.8) is 0 Å². The van der Waals surface area contributed by atoms with Crippen molar-refractivity contribution in [2.24, 2.45) is 0 Å². The number of hydrogen-bond acceptors (Lipinski definition) is 5. The second kappa shape index (κ2) is 11.2. The maximum Gasteiger partial charge on any atom is 0.309 e. The first-order chi connectivity index (χ1) is 18.9. The number of carbonyl (C=O) groups excluding carboxylic acids is 2. The van der Waals surface area contributed by atoms with Gasteiger partial charge in [-0.3, -0.25) is 9.59 Å². The van der Waals surface area contributed by atoms with Crippen LogP contribution in [0.2, 0.25) is 5.02 Å². The van der Waals surface area contributed by atoms with Crippen molar-refractivity contribution in [3.05, 3.63) is 114 Å². The van der Waals surface area contributed by atoms with Crippen molar-refractivity contribution in [2.75, 3.05) is 12.4 Å². The Kier molecular flexibility index (Phi) is 7.43. The van der Waals surface area contributed by atoms with Crippen LogP contribution in [-0.4, -0.2) is 28.8 Å². The number of para-hydroxylation sites is 1. The molecule has 0 unspecified atom stereocenters. The molecule has 194 valence electrons. The number of carbonyl (C=O) groups is 2. The van der Waals surface area contributed by atoms with E-state index in [4.69, 9.17) is 26.2 Å². The maximum atomic E-state index is 12.7. The summed E-state index contributed by atoms with van der Waals surface area (Å²) in [6.07, 6.45) is 0. The highest BCUT2D eigenvalue weighted by Gasteiger charge is 2.25. The highest BCUT2D eigenvalue weighted by Crippen LogP contribution is 2.41. The Morgan fingerprint density at radius 2 is 1.59 bits per heavy atom. The minimum absolute atomic E-state index is 0.278. The molecule has 39 heavy (non-hydrogen) atoms. The van der Waals surface area contributed by atoms with Crippen molar-refractivity contribution in [2.45, 2.75) is 6.92 Å². The van der Waals surface area contributed by atoms with Gasteiger partial charge in [-0.1, -0.05) is 60.1 Å². The van der Waals surface area contributed by atoms with Crippen LogP contribution in [-0.2, 0) is 4.79 Å².